The molecule has 1 heterocycles. The van der Waals surface area contributed by atoms with Gasteiger partial charge in [-0.15, -0.1) is 0 Å². The molecule has 2 N–H and O–H groups in total. The average Bonchev–Trinajstić information content (AvgIpc) is 2.38. The number of aromatic nitrogens is 2. The normalized spacial score (nSPS) is 10.5. The second kappa shape index (κ2) is 5.99. The van der Waals surface area contributed by atoms with Crippen molar-refractivity contribution < 1.29 is 0 Å². The molecule has 0 bridgehead atoms. The number of rotatable bonds is 4. The van der Waals surface area contributed by atoms with E-state index in [4.69, 9.17) is 17.3 Å². The third kappa shape index (κ3) is 3.66. The Morgan fingerprint density at radius 2 is 2.05 bits per heavy atom. The number of anilines is 1. The lowest BCUT2D eigenvalue weighted by Gasteiger charge is -2.18. The van der Waals surface area contributed by atoms with E-state index in [0.717, 1.165) is 22.0 Å². The molecule has 2 rings (SSSR count). The van der Waals surface area contributed by atoms with Gasteiger partial charge in [-0.2, -0.15) is 0 Å². The van der Waals surface area contributed by atoms with Crippen molar-refractivity contribution in [2.24, 2.45) is 5.73 Å². The van der Waals surface area contributed by atoms with Gasteiger partial charge in [0.15, 0.2) is 0 Å². The number of nitrogens with zero attached hydrogens (tertiary/aromatic N) is 3. The van der Waals surface area contributed by atoms with Crippen molar-refractivity contribution in [3.05, 3.63) is 52.3 Å². The first-order valence-corrected chi connectivity index (χ1v) is 6.46. The van der Waals surface area contributed by atoms with Crippen molar-refractivity contribution in [2.75, 3.05) is 11.9 Å². The van der Waals surface area contributed by atoms with E-state index in [1.54, 1.807) is 0 Å². The standard InChI is InChI=1S/C14H17ClN4/c1-10-6-13(8-16)18-14(17-10)19(2)9-11-4-3-5-12(15)7-11/h3-7H,8-9,16H2,1-2H3. The number of halogens is 1. The first kappa shape index (κ1) is 13.8. The van der Waals surface area contributed by atoms with Gasteiger partial charge in [-0.1, -0.05) is 23.7 Å². The number of hydrogen-bond acceptors (Lipinski definition) is 4. The number of aryl methyl sites for hydroxylation is 1. The highest BCUT2D eigenvalue weighted by Crippen LogP contribution is 2.15. The molecule has 100 valence electrons. The summed E-state index contributed by atoms with van der Waals surface area (Å²) >= 11 is 5.98. The van der Waals surface area contributed by atoms with Gasteiger partial charge in [0.25, 0.3) is 0 Å². The Bertz CT molecular complexity index is 571. The summed E-state index contributed by atoms with van der Waals surface area (Å²) < 4.78 is 0. The van der Waals surface area contributed by atoms with Crippen molar-refractivity contribution in [1.82, 2.24) is 9.97 Å². The Kier molecular flexibility index (Phi) is 4.35. The zero-order chi connectivity index (χ0) is 13.8. The summed E-state index contributed by atoms with van der Waals surface area (Å²) in [6, 6.07) is 9.67. The first-order chi connectivity index (χ1) is 9.08. The van der Waals surface area contributed by atoms with Crippen molar-refractivity contribution in [2.45, 2.75) is 20.0 Å². The molecule has 0 saturated heterocycles. The summed E-state index contributed by atoms with van der Waals surface area (Å²) in [6.07, 6.45) is 0. The monoisotopic (exact) mass is 276 g/mol. The molecule has 0 spiro atoms. The van der Waals surface area contributed by atoms with Gasteiger partial charge in [0.2, 0.25) is 5.95 Å². The van der Waals surface area contributed by atoms with Crippen LogP contribution in [0.3, 0.4) is 0 Å². The zero-order valence-electron chi connectivity index (χ0n) is 11.1. The SMILES string of the molecule is Cc1cc(CN)nc(N(C)Cc2cccc(Cl)c2)n1. The highest BCUT2D eigenvalue weighted by Gasteiger charge is 2.07. The molecule has 0 fully saturated rings. The molecule has 1 aromatic carbocycles. The Hall–Kier alpha value is -1.65. The molecule has 4 nitrogen and oxygen atoms in total. The minimum atomic E-state index is 0.418. The predicted octanol–water partition coefficient (Wildman–Crippen LogP) is 2.53. The molecule has 19 heavy (non-hydrogen) atoms. The number of nitrogens with two attached hydrogens (primary N) is 1. The van der Waals surface area contributed by atoms with Gasteiger partial charge in [-0.25, -0.2) is 9.97 Å². The Balaban J connectivity index is 2.20. The fraction of sp³-hybridized carbons (Fsp3) is 0.286. The second-order valence-electron chi connectivity index (χ2n) is 4.49. The number of hydrogen-bond donors (Lipinski definition) is 1. The van der Waals surface area contributed by atoms with E-state index in [1.807, 2.05) is 49.2 Å². The van der Waals surface area contributed by atoms with E-state index in [-0.39, 0.29) is 0 Å². The van der Waals surface area contributed by atoms with Crippen LogP contribution in [0.5, 0.6) is 0 Å². The molecule has 0 aliphatic carbocycles. The smallest absolute Gasteiger partial charge is 0.225 e. The maximum atomic E-state index is 5.98. The lowest BCUT2D eigenvalue weighted by Crippen LogP contribution is -2.20. The Morgan fingerprint density at radius 3 is 2.74 bits per heavy atom. The molecule has 5 heteroatoms. The second-order valence-corrected chi connectivity index (χ2v) is 4.93. The topological polar surface area (TPSA) is 55.0 Å². The van der Waals surface area contributed by atoms with Crippen LogP contribution in [0.15, 0.2) is 30.3 Å². The molecular formula is C14H17ClN4. The third-order valence-electron chi connectivity index (χ3n) is 2.75. The quantitative estimate of drug-likeness (QED) is 0.932. The summed E-state index contributed by atoms with van der Waals surface area (Å²) in [5.74, 6) is 0.681. The minimum absolute atomic E-state index is 0.418. The van der Waals surface area contributed by atoms with Gasteiger partial charge in [0, 0.05) is 30.9 Å². The van der Waals surface area contributed by atoms with Crippen molar-refractivity contribution in [3.8, 4) is 0 Å². The maximum absolute atomic E-state index is 5.98. The van der Waals surface area contributed by atoms with Crippen molar-refractivity contribution >= 4 is 17.5 Å². The van der Waals surface area contributed by atoms with Gasteiger partial charge in [0.1, 0.15) is 0 Å². The van der Waals surface area contributed by atoms with Gasteiger partial charge in [-0.3, -0.25) is 0 Å². The average molecular weight is 277 g/mol. The van der Waals surface area contributed by atoms with Crippen molar-refractivity contribution in [1.29, 1.82) is 0 Å². The first-order valence-electron chi connectivity index (χ1n) is 6.08. The van der Waals surface area contributed by atoms with Crippen LogP contribution in [0.4, 0.5) is 5.95 Å². The highest BCUT2D eigenvalue weighted by atomic mass is 35.5. The molecule has 0 atom stereocenters. The Labute approximate surface area is 118 Å². The Morgan fingerprint density at radius 1 is 1.26 bits per heavy atom. The largest absolute Gasteiger partial charge is 0.340 e. The van der Waals surface area contributed by atoms with Gasteiger partial charge in [-0.05, 0) is 30.7 Å². The highest BCUT2D eigenvalue weighted by molar-refractivity contribution is 6.30. The van der Waals surface area contributed by atoms with Crippen LogP contribution in [0.1, 0.15) is 17.0 Å². The molecule has 2 aromatic rings. The summed E-state index contributed by atoms with van der Waals surface area (Å²) in [4.78, 5) is 10.8. The van der Waals surface area contributed by atoms with E-state index < -0.39 is 0 Å². The van der Waals surface area contributed by atoms with Crippen LogP contribution in [-0.4, -0.2) is 17.0 Å². The van der Waals surface area contributed by atoms with E-state index >= 15 is 0 Å². The summed E-state index contributed by atoms with van der Waals surface area (Å²) in [5.41, 5.74) is 8.52. The summed E-state index contributed by atoms with van der Waals surface area (Å²) in [6.45, 7) is 3.06. The van der Waals surface area contributed by atoms with Crippen LogP contribution in [0.2, 0.25) is 5.02 Å². The van der Waals surface area contributed by atoms with Gasteiger partial charge < -0.3 is 10.6 Å². The van der Waals surface area contributed by atoms with Crippen LogP contribution in [-0.2, 0) is 13.1 Å². The van der Waals surface area contributed by atoms with Crippen LogP contribution in [0, 0.1) is 6.92 Å². The fourth-order valence-electron chi connectivity index (χ4n) is 1.87. The molecule has 1 aromatic heterocycles. The fourth-order valence-corrected chi connectivity index (χ4v) is 2.08. The van der Waals surface area contributed by atoms with Crippen LogP contribution < -0.4 is 10.6 Å². The lowest BCUT2D eigenvalue weighted by molar-refractivity contribution is 0.837. The minimum Gasteiger partial charge on any atom is -0.340 e. The molecule has 0 unspecified atom stereocenters. The van der Waals surface area contributed by atoms with Gasteiger partial charge >= 0.3 is 0 Å². The van der Waals surface area contributed by atoms with E-state index in [9.17, 15) is 0 Å². The molecule has 0 amide bonds. The molecule has 0 aliphatic heterocycles. The molecule has 0 saturated carbocycles. The van der Waals surface area contributed by atoms with E-state index in [2.05, 4.69) is 9.97 Å². The number of benzene rings is 1. The zero-order valence-corrected chi connectivity index (χ0v) is 11.9. The van der Waals surface area contributed by atoms with E-state index in [1.165, 1.54) is 0 Å². The maximum Gasteiger partial charge on any atom is 0.225 e. The predicted molar refractivity (Wildman–Crippen MR) is 78.2 cm³/mol. The van der Waals surface area contributed by atoms with E-state index in [0.29, 0.717) is 19.0 Å². The molecule has 0 aliphatic rings. The molecular weight excluding hydrogens is 260 g/mol. The lowest BCUT2D eigenvalue weighted by atomic mass is 10.2. The summed E-state index contributed by atoms with van der Waals surface area (Å²) in [5, 5.41) is 0.735. The summed E-state index contributed by atoms with van der Waals surface area (Å²) in [7, 11) is 1.95. The van der Waals surface area contributed by atoms with Crippen LogP contribution >= 0.6 is 11.6 Å². The molecule has 0 radical (unpaired) electrons. The third-order valence-corrected chi connectivity index (χ3v) is 2.99. The van der Waals surface area contributed by atoms with Crippen LogP contribution in [0.25, 0.3) is 0 Å². The van der Waals surface area contributed by atoms with Gasteiger partial charge in [0.05, 0.1) is 5.69 Å². The van der Waals surface area contributed by atoms with Crippen molar-refractivity contribution in [3.63, 3.8) is 0 Å².